The lowest BCUT2D eigenvalue weighted by Crippen LogP contribution is -2.59. The van der Waals surface area contributed by atoms with E-state index in [1.807, 2.05) is 0 Å². The second-order valence-electron chi connectivity index (χ2n) is 16.3. The monoisotopic (exact) mass is 770 g/mol. The van der Waals surface area contributed by atoms with Crippen molar-refractivity contribution in [1.82, 2.24) is 4.90 Å². The van der Waals surface area contributed by atoms with Crippen molar-refractivity contribution in [3.8, 4) is 0 Å². The summed E-state index contributed by atoms with van der Waals surface area (Å²) in [4.78, 5) is 13.9. The van der Waals surface area contributed by atoms with Crippen LogP contribution in [0.5, 0.6) is 0 Å². The van der Waals surface area contributed by atoms with Crippen LogP contribution in [0.1, 0.15) is 232 Å². The standard InChI is InChI=1S/C46H91NO7/c1-3-5-7-9-11-13-15-17-19-20-21-22-23-24-26-27-29-31-33-35-37-42(50)45(53)41(39-48)47(44(52)40-49)46(54)43(51)38-36-34-32-30-28-25-18-16-14-12-10-8-6-4-2/h29,31,41-45,48-53H,3-28,30,32-40H2,1-2H3/t41-,42+,43+,44?,45-/m0/s1. The number of carbonyl (C=O) groups is 1. The molecular weight excluding hydrogens is 679 g/mol. The highest BCUT2D eigenvalue weighted by molar-refractivity contribution is 5.81. The Morgan fingerprint density at radius 1 is 0.463 bits per heavy atom. The third kappa shape index (κ3) is 30.2. The molecule has 0 bridgehead atoms. The van der Waals surface area contributed by atoms with E-state index in [2.05, 4.69) is 26.0 Å². The first-order chi connectivity index (χ1) is 26.3. The van der Waals surface area contributed by atoms with E-state index in [1.54, 1.807) is 0 Å². The Morgan fingerprint density at radius 3 is 1.19 bits per heavy atom. The number of amides is 1. The largest absolute Gasteiger partial charge is 0.394 e. The summed E-state index contributed by atoms with van der Waals surface area (Å²) in [6, 6.07) is -1.36. The van der Waals surface area contributed by atoms with E-state index in [0.29, 0.717) is 12.8 Å². The van der Waals surface area contributed by atoms with Crippen molar-refractivity contribution in [3.63, 3.8) is 0 Å². The minimum absolute atomic E-state index is 0.189. The van der Waals surface area contributed by atoms with Gasteiger partial charge in [0.1, 0.15) is 12.2 Å². The maximum atomic E-state index is 13.2. The average Bonchev–Trinajstić information content (AvgIpc) is 3.18. The number of aliphatic hydroxyl groups is 6. The first-order valence-electron chi connectivity index (χ1n) is 23.3. The van der Waals surface area contributed by atoms with E-state index in [-0.39, 0.29) is 12.8 Å². The van der Waals surface area contributed by atoms with Crippen molar-refractivity contribution in [2.24, 2.45) is 0 Å². The lowest BCUT2D eigenvalue weighted by molar-refractivity contribution is -0.171. The smallest absolute Gasteiger partial charge is 0.253 e. The Kier molecular flexibility index (Phi) is 39.4. The van der Waals surface area contributed by atoms with Gasteiger partial charge in [-0.1, -0.05) is 206 Å². The molecule has 54 heavy (non-hydrogen) atoms. The molecule has 0 spiro atoms. The minimum Gasteiger partial charge on any atom is -0.394 e. The molecule has 8 heteroatoms. The first-order valence-corrected chi connectivity index (χ1v) is 23.3. The van der Waals surface area contributed by atoms with E-state index in [1.165, 1.54) is 161 Å². The number of allylic oxidation sites excluding steroid dienone is 2. The van der Waals surface area contributed by atoms with Gasteiger partial charge in [-0.25, -0.2) is 0 Å². The Hall–Kier alpha value is -1.03. The Morgan fingerprint density at radius 2 is 0.815 bits per heavy atom. The van der Waals surface area contributed by atoms with Gasteiger partial charge in [-0.2, -0.15) is 0 Å². The van der Waals surface area contributed by atoms with Crippen LogP contribution in [0.4, 0.5) is 0 Å². The van der Waals surface area contributed by atoms with Crippen LogP contribution in [0.25, 0.3) is 0 Å². The third-order valence-electron chi connectivity index (χ3n) is 11.2. The quantitative estimate of drug-likeness (QED) is 0.0206. The zero-order valence-corrected chi connectivity index (χ0v) is 35.5. The van der Waals surface area contributed by atoms with Gasteiger partial charge in [0.2, 0.25) is 0 Å². The molecule has 0 rings (SSSR count). The van der Waals surface area contributed by atoms with Gasteiger partial charge in [-0.05, 0) is 38.5 Å². The predicted octanol–water partition coefficient (Wildman–Crippen LogP) is 10.4. The Bertz CT molecular complexity index is 812. The molecule has 0 aliphatic heterocycles. The molecule has 0 fully saturated rings. The highest BCUT2D eigenvalue weighted by atomic mass is 16.4. The molecule has 0 aliphatic carbocycles. The van der Waals surface area contributed by atoms with Crippen LogP contribution in [0.3, 0.4) is 0 Å². The van der Waals surface area contributed by atoms with Crippen LogP contribution >= 0.6 is 0 Å². The molecule has 8 nitrogen and oxygen atoms in total. The molecule has 0 aromatic rings. The number of hydrogen-bond donors (Lipinski definition) is 6. The lowest BCUT2D eigenvalue weighted by atomic mass is 9.98. The minimum atomic E-state index is -1.72. The van der Waals surface area contributed by atoms with Gasteiger partial charge < -0.3 is 35.5 Å². The molecule has 6 N–H and O–H groups in total. The molecule has 1 unspecified atom stereocenters. The van der Waals surface area contributed by atoms with Gasteiger partial charge in [-0.15, -0.1) is 0 Å². The summed E-state index contributed by atoms with van der Waals surface area (Å²) in [6.07, 6.45) is 38.2. The number of unbranched alkanes of at least 4 members (excludes halogenated alkanes) is 29. The highest BCUT2D eigenvalue weighted by Gasteiger charge is 2.38. The summed E-state index contributed by atoms with van der Waals surface area (Å²) >= 11 is 0. The van der Waals surface area contributed by atoms with Crippen LogP contribution in [-0.2, 0) is 4.79 Å². The van der Waals surface area contributed by atoms with Crippen LogP contribution in [-0.4, -0.2) is 85.2 Å². The second-order valence-corrected chi connectivity index (χ2v) is 16.3. The Labute approximate surface area is 333 Å². The van der Waals surface area contributed by atoms with Crippen LogP contribution < -0.4 is 0 Å². The fourth-order valence-corrected chi connectivity index (χ4v) is 7.55. The van der Waals surface area contributed by atoms with E-state index in [0.717, 1.165) is 37.0 Å². The maximum Gasteiger partial charge on any atom is 0.253 e. The molecule has 322 valence electrons. The summed E-state index contributed by atoms with van der Waals surface area (Å²) in [5.74, 6) is -0.863. The van der Waals surface area contributed by atoms with E-state index >= 15 is 0 Å². The summed E-state index contributed by atoms with van der Waals surface area (Å²) in [5.41, 5.74) is 0. The first kappa shape index (κ1) is 53.0. The molecule has 0 heterocycles. The summed E-state index contributed by atoms with van der Waals surface area (Å²) < 4.78 is 0. The van der Waals surface area contributed by atoms with Crippen LogP contribution in [0.15, 0.2) is 12.2 Å². The fraction of sp³-hybridized carbons (Fsp3) is 0.935. The van der Waals surface area contributed by atoms with Crippen molar-refractivity contribution in [2.75, 3.05) is 13.2 Å². The molecular formula is C46H91NO7. The maximum absolute atomic E-state index is 13.2. The normalized spacial score (nSPS) is 14.7. The van der Waals surface area contributed by atoms with E-state index in [9.17, 15) is 35.4 Å². The lowest BCUT2D eigenvalue weighted by Gasteiger charge is -2.38. The highest BCUT2D eigenvalue weighted by Crippen LogP contribution is 2.20. The summed E-state index contributed by atoms with van der Waals surface area (Å²) in [6.45, 7) is 2.97. The number of hydrogen-bond acceptors (Lipinski definition) is 7. The fourth-order valence-electron chi connectivity index (χ4n) is 7.55. The van der Waals surface area contributed by atoms with Gasteiger partial charge in [0.05, 0.1) is 25.4 Å². The Balaban J connectivity index is 4.19. The molecule has 5 atom stereocenters. The topological polar surface area (TPSA) is 142 Å². The molecule has 0 aromatic carbocycles. The van der Waals surface area contributed by atoms with E-state index < -0.39 is 49.7 Å². The van der Waals surface area contributed by atoms with Crippen molar-refractivity contribution >= 4 is 5.91 Å². The average molecular weight is 770 g/mol. The van der Waals surface area contributed by atoms with Crippen molar-refractivity contribution in [3.05, 3.63) is 12.2 Å². The number of rotatable bonds is 42. The zero-order valence-electron chi connectivity index (χ0n) is 35.5. The number of aliphatic hydroxyl groups excluding tert-OH is 6. The molecule has 0 radical (unpaired) electrons. The SMILES string of the molecule is CCCCCCCCCCCCCCCCCC=CCCC[C@@H](O)[C@@H](O)[C@H](CO)N(C(=O)[C@H](O)CCCCCCCCCCCCCCCC)C(O)CO. The number of nitrogens with zero attached hydrogens (tertiary/aromatic N) is 1. The van der Waals surface area contributed by atoms with E-state index in [4.69, 9.17) is 0 Å². The van der Waals surface area contributed by atoms with Gasteiger partial charge >= 0.3 is 0 Å². The zero-order chi connectivity index (χ0) is 39.9. The molecule has 1 amide bonds. The molecule has 0 saturated heterocycles. The summed E-state index contributed by atoms with van der Waals surface area (Å²) in [5, 5.41) is 62.4. The van der Waals surface area contributed by atoms with Crippen LogP contribution in [0, 0.1) is 0 Å². The summed E-state index contributed by atoms with van der Waals surface area (Å²) in [7, 11) is 0. The third-order valence-corrected chi connectivity index (χ3v) is 11.2. The second kappa shape index (κ2) is 40.2. The molecule has 0 saturated carbocycles. The van der Waals surface area contributed by atoms with Gasteiger partial charge in [-0.3, -0.25) is 4.79 Å². The van der Waals surface area contributed by atoms with Crippen molar-refractivity contribution in [1.29, 1.82) is 0 Å². The van der Waals surface area contributed by atoms with Crippen molar-refractivity contribution in [2.45, 2.75) is 263 Å². The number of carbonyl (C=O) groups excluding carboxylic acids is 1. The van der Waals surface area contributed by atoms with Gasteiger partial charge in [0.25, 0.3) is 5.91 Å². The molecule has 0 aromatic heterocycles. The van der Waals surface area contributed by atoms with Crippen LogP contribution in [0.2, 0.25) is 0 Å². The predicted molar refractivity (Wildman–Crippen MR) is 226 cm³/mol. The van der Waals surface area contributed by atoms with Gasteiger partial charge in [0, 0.05) is 0 Å². The molecule has 0 aliphatic rings. The van der Waals surface area contributed by atoms with Gasteiger partial charge in [0.15, 0.2) is 6.23 Å². The van der Waals surface area contributed by atoms with Crippen molar-refractivity contribution < 1.29 is 35.4 Å².